The van der Waals surface area contributed by atoms with Gasteiger partial charge in [0.05, 0.1) is 0 Å². The number of piperidine rings is 1. The van der Waals surface area contributed by atoms with Crippen molar-refractivity contribution in [3.63, 3.8) is 0 Å². The van der Waals surface area contributed by atoms with Gasteiger partial charge in [-0.25, -0.2) is 4.98 Å². The summed E-state index contributed by atoms with van der Waals surface area (Å²) in [5.74, 6) is 1.95. The van der Waals surface area contributed by atoms with Crippen molar-refractivity contribution in [2.75, 3.05) is 39.3 Å². The Bertz CT molecular complexity index is 1510. The molecule has 7 rings (SSSR count). The summed E-state index contributed by atoms with van der Waals surface area (Å²) in [6.45, 7) is 6.51. The highest BCUT2D eigenvalue weighted by atomic mass is 32.1. The molecule has 44 heavy (non-hydrogen) atoms. The van der Waals surface area contributed by atoms with Crippen molar-refractivity contribution in [1.29, 1.82) is 0 Å². The van der Waals surface area contributed by atoms with Gasteiger partial charge in [0.25, 0.3) is 0 Å². The molecule has 2 atom stereocenters. The quantitative estimate of drug-likeness (QED) is 0.197. The predicted octanol–water partition coefficient (Wildman–Crippen LogP) is 7.91. The van der Waals surface area contributed by atoms with E-state index in [1.165, 1.54) is 98.9 Å². The Morgan fingerprint density at radius 3 is 2.43 bits per heavy atom. The maximum Gasteiger partial charge on any atom is 0.213 e. The van der Waals surface area contributed by atoms with Crippen LogP contribution in [0.2, 0.25) is 0 Å². The number of rotatable bonds is 10. The highest BCUT2D eigenvalue weighted by Gasteiger charge is 2.32. The van der Waals surface area contributed by atoms with Crippen molar-refractivity contribution in [2.45, 2.75) is 76.4 Å². The zero-order valence-corrected chi connectivity index (χ0v) is 26.6. The summed E-state index contributed by atoms with van der Waals surface area (Å²) in [5, 5.41) is 11.4. The second kappa shape index (κ2) is 13.9. The number of phenols is 1. The Balaban J connectivity index is 1.06. The summed E-state index contributed by atoms with van der Waals surface area (Å²) >= 11 is 1.73. The average Bonchev–Trinajstić information content (AvgIpc) is 3.71. The lowest BCUT2D eigenvalue weighted by atomic mass is 9.90. The van der Waals surface area contributed by atoms with Gasteiger partial charge in [0, 0.05) is 40.8 Å². The van der Waals surface area contributed by atoms with Gasteiger partial charge in [-0.1, -0.05) is 18.9 Å². The molecule has 2 unspecified atom stereocenters. The van der Waals surface area contributed by atoms with Crippen molar-refractivity contribution in [2.24, 2.45) is 0 Å². The van der Waals surface area contributed by atoms with Crippen LogP contribution in [0.1, 0.15) is 68.9 Å². The van der Waals surface area contributed by atoms with Crippen LogP contribution in [0.15, 0.2) is 60.8 Å². The summed E-state index contributed by atoms with van der Waals surface area (Å²) < 4.78 is 13.7. The zero-order chi connectivity index (χ0) is 29.7. The number of thiophene rings is 1. The number of ether oxygens (including phenoxy) is 2. The van der Waals surface area contributed by atoms with Gasteiger partial charge in [-0.3, -0.25) is 9.80 Å². The second-order valence-electron chi connectivity index (χ2n) is 12.8. The van der Waals surface area contributed by atoms with Crippen molar-refractivity contribution in [1.82, 2.24) is 14.8 Å². The number of nitrogens with zero attached hydrogens (tertiary/aromatic N) is 3. The number of hydrogen-bond acceptors (Lipinski definition) is 7. The number of hydrogen-bond donors (Lipinski definition) is 1. The first-order chi connectivity index (χ1) is 21.7. The lowest BCUT2D eigenvalue weighted by molar-refractivity contribution is 0.0237. The van der Waals surface area contributed by atoms with Crippen molar-refractivity contribution >= 4 is 21.4 Å². The largest absolute Gasteiger partial charge is 0.508 e. The number of benzene rings is 2. The van der Waals surface area contributed by atoms with Crippen molar-refractivity contribution < 1.29 is 14.6 Å². The summed E-state index contributed by atoms with van der Waals surface area (Å²) in [7, 11) is 0. The second-order valence-corrected chi connectivity index (χ2v) is 13.9. The van der Waals surface area contributed by atoms with Crippen LogP contribution in [0.3, 0.4) is 0 Å². The van der Waals surface area contributed by atoms with E-state index in [0.29, 0.717) is 11.8 Å². The molecule has 2 saturated heterocycles. The predicted molar refractivity (Wildman–Crippen MR) is 179 cm³/mol. The minimum Gasteiger partial charge on any atom is -0.508 e. The third-order valence-electron chi connectivity index (χ3n) is 9.75. The van der Waals surface area contributed by atoms with Gasteiger partial charge in [-0.15, -0.1) is 11.3 Å². The van der Waals surface area contributed by atoms with Gasteiger partial charge < -0.3 is 14.6 Å². The number of pyridine rings is 1. The van der Waals surface area contributed by atoms with Crippen molar-refractivity contribution in [3.8, 4) is 27.8 Å². The standard InChI is InChI=1S/C37H45N3O3S/c41-29-13-16-31-32(37(44-35(31)25-29)28-11-14-30(15-12-28)42-23-22-39-18-6-7-19-39)24-27-10-17-36(38-26-27)43-34-9-3-2-8-33(34)40-20-4-1-5-21-40/h10-17,25-26,33-34,41H,1-9,18-24H2. The van der Waals surface area contributed by atoms with Gasteiger partial charge in [-0.05, 0) is 136 Å². The molecule has 232 valence electrons. The van der Waals surface area contributed by atoms with E-state index < -0.39 is 0 Å². The Morgan fingerprint density at radius 2 is 1.64 bits per heavy atom. The minimum absolute atomic E-state index is 0.229. The molecule has 3 fully saturated rings. The molecule has 1 saturated carbocycles. The molecule has 3 aliphatic rings. The molecule has 1 aliphatic carbocycles. The third-order valence-corrected chi connectivity index (χ3v) is 11.0. The van der Waals surface area contributed by atoms with E-state index in [-0.39, 0.29) is 6.10 Å². The molecule has 4 heterocycles. The molecular formula is C37H45N3O3S. The van der Waals surface area contributed by atoms with E-state index in [2.05, 4.69) is 46.2 Å². The SMILES string of the molecule is Oc1ccc2c(Cc3ccc(OC4CCCCC4N4CCCCC4)nc3)c(-c3ccc(OCCN4CCCC4)cc3)sc2c1. The summed E-state index contributed by atoms with van der Waals surface area (Å²) in [5.41, 5.74) is 3.59. The van der Waals surface area contributed by atoms with Crippen LogP contribution in [-0.4, -0.2) is 71.4 Å². The molecule has 0 amide bonds. The molecular weight excluding hydrogens is 566 g/mol. The fourth-order valence-corrected chi connectivity index (χ4v) is 8.64. The summed E-state index contributed by atoms with van der Waals surface area (Å²) in [6, 6.07) is 19.0. The van der Waals surface area contributed by atoms with E-state index in [1.54, 1.807) is 17.4 Å². The Labute approximate surface area is 265 Å². The van der Waals surface area contributed by atoms with E-state index in [9.17, 15) is 5.11 Å². The first-order valence-corrected chi connectivity index (χ1v) is 17.6. The molecule has 6 nitrogen and oxygen atoms in total. The van der Waals surface area contributed by atoms with Crippen LogP contribution in [0.5, 0.6) is 17.4 Å². The monoisotopic (exact) mass is 611 g/mol. The molecule has 7 heteroatoms. The highest BCUT2D eigenvalue weighted by molar-refractivity contribution is 7.22. The Morgan fingerprint density at radius 1 is 0.841 bits per heavy atom. The summed E-state index contributed by atoms with van der Waals surface area (Å²) in [6.07, 6.45) is 14.5. The molecule has 2 aliphatic heterocycles. The molecule has 1 N–H and O–H groups in total. The minimum atomic E-state index is 0.229. The van der Waals surface area contributed by atoms with Gasteiger partial charge in [0.2, 0.25) is 5.88 Å². The number of aromatic hydroxyl groups is 1. The molecule has 2 aromatic carbocycles. The molecule has 2 aromatic heterocycles. The van der Waals surface area contributed by atoms with Crippen LogP contribution in [0.4, 0.5) is 0 Å². The van der Waals surface area contributed by atoms with Crippen molar-refractivity contribution in [3.05, 3.63) is 71.9 Å². The topological polar surface area (TPSA) is 58.1 Å². The van der Waals surface area contributed by atoms with E-state index in [0.717, 1.165) is 47.9 Å². The maximum absolute atomic E-state index is 10.2. The van der Waals surface area contributed by atoms with Crippen LogP contribution in [-0.2, 0) is 6.42 Å². The molecule has 0 bridgehead atoms. The molecule has 4 aromatic rings. The first-order valence-electron chi connectivity index (χ1n) is 16.8. The fourth-order valence-electron chi connectivity index (χ4n) is 7.38. The first kappa shape index (κ1) is 29.6. The highest BCUT2D eigenvalue weighted by Crippen LogP contribution is 2.41. The Hall–Kier alpha value is -3.13. The smallest absolute Gasteiger partial charge is 0.213 e. The maximum atomic E-state index is 10.2. The Kier molecular flexibility index (Phi) is 9.33. The van der Waals surface area contributed by atoms with Crippen LogP contribution in [0.25, 0.3) is 20.5 Å². The number of fused-ring (bicyclic) bond motifs is 1. The van der Waals surface area contributed by atoms with Crippen LogP contribution < -0.4 is 9.47 Å². The van der Waals surface area contributed by atoms with E-state index in [1.807, 2.05) is 18.3 Å². The molecule has 0 radical (unpaired) electrons. The number of phenolic OH excluding ortho intramolecular Hbond substituents is 1. The lowest BCUT2D eigenvalue weighted by Gasteiger charge is -2.41. The molecule has 0 spiro atoms. The van der Waals surface area contributed by atoms with Gasteiger partial charge in [0.15, 0.2) is 0 Å². The number of likely N-dealkylation sites (tertiary alicyclic amines) is 2. The van der Waals surface area contributed by atoms with Gasteiger partial charge in [-0.2, -0.15) is 0 Å². The van der Waals surface area contributed by atoms with E-state index in [4.69, 9.17) is 14.5 Å². The van der Waals surface area contributed by atoms with Crippen LogP contribution in [0, 0.1) is 0 Å². The zero-order valence-electron chi connectivity index (χ0n) is 25.8. The normalized spacial score (nSPS) is 21.5. The third kappa shape index (κ3) is 6.90. The lowest BCUT2D eigenvalue weighted by Crippen LogP contribution is -2.49. The average molecular weight is 612 g/mol. The van der Waals surface area contributed by atoms with Gasteiger partial charge in [0.1, 0.15) is 24.2 Å². The van der Waals surface area contributed by atoms with E-state index >= 15 is 0 Å². The van der Waals surface area contributed by atoms with Crippen LogP contribution >= 0.6 is 11.3 Å². The van der Waals surface area contributed by atoms with Gasteiger partial charge >= 0.3 is 0 Å². The summed E-state index contributed by atoms with van der Waals surface area (Å²) in [4.78, 5) is 11.2. The number of aromatic nitrogens is 1. The fraction of sp³-hybridized carbons (Fsp3) is 0.486.